The lowest BCUT2D eigenvalue weighted by Crippen LogP contribution is -2.19. The Hall–Kier alpha value is -1.12. The quantitative estimate of drug-likeness (QED) is 0.634. The average molecular weight is 190 g/mol. The van der Waals surface area contributed by atoms with Crippen molar-refractivity contribution in [2.24, 2.45) is 0 Å². The summed E-state index contributed by atoms with van der Waals surface area (Å²) in [5, 5.41) is 0. The molecule has 0 atom stereocenters. The monoisotopic (exact) mass is 190 g/mol. The molecule has 1 saturated heterocycles. The number of aryl methyl sites for hydroxylation is 1. The number of benzene rings is 1. The van der Waals surface area contributed by atoms with Crippen molar-refractivity contribution in [2.45, 2.75) is 13.2 Å². The molecule has 1 aromatic rings. The smallest absolute Gasteiger partial charge is 0.184 e. The fourth-order valence-corrected chi connectivity index (χ4v) is 1.39. The van der Waals surface area contributed by atoms with Crippen molar-refractivity contribution in [3.63, 3.8) is 0 Å². The molecule has 1 aliphatic heterocycles. The van der Waals surface area contributed by atoms with Gasteiger partial charge in [0.25, 0.3) is 0 Å². The highest BCUT2D eigenvalue weighted by molar-refractivity contribution is 5.22. The molecule has 0 unspecified atom stereocenters. The van der Waals surface area contributed by atoms with Gasteiger partial charge in [-0.05, 0) is 12.5 Å². The highest BCUT2D eigenvalue weighted by Gasteiger charge is 2.17. The van der Waals surface area contributed by atoms with E-state index in [-0.39, 0.29) is 6.29 Å². The van der Waals surface area contributed by atoms with E-state index in [1.54, 1.807) is 0 Å². The standard InChI is InChI=1S/C12H14O2/c1-9-3-5-11(6-4-9)12-13-7-10(2)8-14-12/h3-6,12H,2,7-8H2,1H3. The van der Waals surface area contributed by atoms with Gasteiger partial charge in [0.2, 0.25) is 0 Å². The van der Waals surface area contributed by atoms with E-state index >= 15 is 0 Å². The van der Waals surface area contributed by atoms with Crippen molar-refractivity contribution >= 4 is 0 Å². The molecule has 1 fully saturated rings. The van der Waals surface area contributed by atoms with Crippen molar-refractivity contribution in [3.8, 4) is 0 Å². The molecule has 0 amide bonds. The first-order chi connectivity index (χ1) is 6.75. The van der Waals surface area contributed by atoms with Gasteiger partial charge in [-0.2, -0.15) is 0 Å². The second kappa shape index (κ2) is 3.95. The van der Waals surface area contributed by atoms with Crippen LogP contribution in [0.3, 0.4) is 0 Å². The topological polar surface area (TPSA) is 18.5 Å². The Morgan fingerprint density at radius 1 is 1.14 bits per heavy atom. The molecule has 2 nitrogen and oxygen atoms in total. The summed E-state index contributed by atoms with van der Waals surface area (Å²) in [6, 6.07) is 8.19. The normalized spacial score (nSPS) is 18.5. The predicted octanol–water partition coefficient (Wildman–Crippen LogP) is 2.60. The van der Waals surface area contributed by atoms with E-state index in [2.05, 4.69) is 25.6 Å². The van der Waals surface area contributed by atoms with E-state index < -0.39 is 0 Å². The van der Waals surface area contributed by atoms with Crippen molar-refractivity contribution in [1.29, 1.82) is 0 Å². The number of rotatable bonds is 1. The number of hydrogen-bond donors (Lipinski definition) is 0. The minimum Gasteiger partial charge on any atom is -0.344 e. The van der Waals surface area contributed by atoms with E-state index in [0.717, 1.165) is 11.1 Å². The zero-order chi connectivity index (χ0) is 9.97. The molecule has 0 N–H and O–H groups in total. The van der Waals surface area contributed by atoms with Crippen molar-refractivity contribution in [1.82, 2.24) is 0 Å². The van der Waals surface area contributed by atoms with E-state index in [1.807, 2.05) is 12.1 Å². The molecule has 2 rings (SSSR count). The van der Waals surface area contributed by atoms with Gasteiger partial charge < -0.3 is 9.47 Å². The SMILES string of the molecule is C=C1COC(c2ccc(C)cc2)OC1. The summed E-state index contributed by atoms with van der Waals surface area (Å²) in [6.07, 6.45) is -0.221. The first kappa shape index (κ1) is 9.44. The summed E-state index contributed by atoms with van der Waals surface area (Å²) in [5.74, 6) is 0. The van der Waals surface area contributed by atoms with Gasteiger partial charge in [-0.3, -0.25) is 0 Å². The molecule has 0 aliphatic carbocycles. The highest BCUT2D eigenvalue weighted by Crippen LogP contribution is 2.24. The molecular weight excluding hydrogens is 176 g/mol. The van der Waals surface area contributed by atoms with Crippen LogP contribution in [0.1, 0.15) is 17.4 Å². The maximum absolute atomic E-state index is 5.49. The third kappa shape index (κ3) is 2.03. The zero-order valence-corrected chi connectivity index (χ0v) is 8.32. The van der Waals surface area contributed by atoms with Gasteiger partial charge in [-0.1, -0.05) is 36.4 Å². The lowest BCUT2D eigenvalue weighted by molar-refractivity contribution is -0.160. The minimum absolute atomic E-state index is 0.221. The Bertz CT molecular complexity index is 317. The fourth-order valence-electron chi connectivity index (χ4n) is 1.39. The van der Waals surface area contributed by atoms with E-state index in [9.17, 15) is 0 Å². The first-order valence-corrected chi connectivity index (χ1v) is 4.72. The van der Waals surface area contributed by atoms with Crippen LogP contribution in [0.4, 0.5) is 0 Å². The average Bonchev–Trinajstić information content (AvgIpc) is 2.21. The number of ether oxygens (including phenoxy) is 2. The molecule has 0 aromatic heterocycles. The van der Waals surface area contributed by atoms with Crippen molar-refractivity contribution in [2.75, 3.05) is 13.2 Å². The maximum atomic E-state index is 5.49. The van der Waals surface area contributed by atoms with Crippen LogP contribution in [0.15, 0.2) is 36.4 Å². The largest absolute Gasteiger partial charge is 0.344 e. The Kier molecular flexibility index (Phi) is 2.66. The minimum atomic E-state index is -0.221. The molecule has 1 heterocycles. The summed E-state index contributed by atoms with van der Waals surface area (Å²) in [6.45, 7) is 7.06. The van der Waals surface area contributed by atoms with Crippen LogP contribution in [-0.4, -0.2) is 13.2 Å². The van der Waals surface area contributed by atoms with Crippen LogP contribution in [0.25, 0.3) is 0 Å². The third-order valence-electron chi connectivity index (χ3n) is 2.23. The lowest BCUT2D eigenvalue weighted by Gasteiger charge is -2.24. The molecular formula is C12H14O2. The second-order valence-corrected chi connectivity index (χ2v) is 3.61. The molecule has 0 bridgehead atoms. The van der Waals surface area contributed by atoms with Gasteiger partial charge in [0.15, 0.2) is 6.29 Å². The van der Waals surface area contributed by atoms with E-state index in [0.29, 0.717) is 13.2 Å². The maximum Gasteiger partial charge on any atom is 0.184 e. The highest BCUT2D eigenvalue weighted by atomic mass is 16.7. The van der Waals surface area contributed by atoms with Crippen LogP contribution >= 0.6 is 0 Å². The lowest BCUT2D eigenvalue weighted by atomic mass is 10.1. The van der Waals surface area contributed by atoms with E-state index in [4.69, 9.17) is 9.47 Å². The molecule has 0 saturated carbocycles. The van der Waals surface area contributed by atoms with Gasteiger partial charge in [-0.15, -0.1) is 0 Å². The van der Waals surface area contributed by atoms with Crippen LogP contribution in [-0.2, 0) is 9.47 Å². The predicted molar refractivity (Wildman–Crippen MR) is 55.0 cm³/mol. The fraction of sp³-hybridized carbons (Fsp3) is 0.333. The molecule has 0 radical (unpaired) electrons. The Morgan fingerprint density at radius 2 is 1.71 bits per heavy atom. The van der Waals surface area contributed by atoms with Gasteiger partial charge >= 0.3 is 0 Å². The number of hydrogen-bond acceptors (Lipinski definition) is 2. The van der Waals surface area contributed by atoms with Crippen molar-refractivity contribution in [3.05, 3.63) is 47.5 Å². The summed E-state index contributed by atoms with van der Waals surface area (Å²) >= 11 is 0. The summed E-state index contributed by atoms with van der Waals surface area (Å²) in [7, 11) is 0. The Labute approximate surface area is 84.2 Å². The summed E-state index contributed by atoms with van der Waals surface area (Å²) < 4.78 is 11.0. The van der Waals surface area contributed by atoms with Crippen LogP contribution in [0.5, 0.6) is 0 Å². The Balaban J connectivity index is 2.08. The van der Waals surface area contributed by atoms with Gasteiger partial charge in [0, 0.05) is 5.56 Å². The summed E-state index contributed by atoms with van der Waals surface area (Å²) in [5.41, 5.74) is 3.31. The van der Waals surface area contributed by atoms with Crippen molar-refractivity contribution < 1.29 is 9.47 Å². The van der Waals surface area contributed by atoms with Gasteiger partial charge in [-0.25, -0.2) is 0 Å². The molecule has 74 valence electrons. The molecule has 14 heavy (non-hydrogen) atoms. The van der Waals surface area contributed by atoms with Gasteiger partial charge in [0.05, 0.1) is 13.2 Å². The van der Waals surface area contributed by atoms with Gasteiger partial charge in [0.1, 0.15) is 0 Å². The van der Waals surface area contributed by atoms with Crippen LogP contribution in [0, 0.1) is 6.92 Å². The summed E-state index contributed by atoms with van der Waals surface area (Å²) in [4.78, 5) is 0. The second-order valence-electron chi connectivity index (χ2n) is 3.61. The molecule has 1 aromatic carbocycles. The molecule has 1 aliphatic rings. The first-order valence-electron chi connectivity index (χ1n) is 4.72. The van der Waals surface area contributed by atoms with Crippen LogP contribution < -0.4 is 0 Å². The molecule has 0 spiro atoms. The zero-order valence-electron chi connectivity index (χ0n) is 8.32. The van der Waals surface area contributed by atoms with Crippen LogP contribution in [0.2, 0.25) is 0 Å². The van der Waals surface area contributed by atoms with E-state index in [1.165, 1.54) is 5.56 Å². The Morgan fingerprint density at radius 3 is 2.29 bits per heavy atom. The third-order valence-corrected chi connectivity index (χ3v) is 2.23. The molecule has 2 heteroatoms.